The van der Waals surface area contributed by atoms with Crippen LogP contribution in [0.4, 0.5) is 0 Å². The molecule has 0 saturated carbocycles. The summed E-state index contributed by atoms with van der Waals surface area (Å²) in [4.78, 5) is 17.8. The summed E-state index contributed by atoms with van der Waals surface area (Å²) in [5.41, 5.74) is 4.08. The average molecular weight is 284 g/mol. The van der Waals surface area contributed by atoms with E-state index in [1.807, 2.05) is 0 Å². The minimum absolute atomic E-state index is 0.0391. The molecule has 1 N–H and O–H groups in total. The van der Waals surface area contributed by atoms with Crippen LogP contribution in [0.5, 0.6) is 0 Å². The van der Waals surface area contributed by atoms with E-state index in [1.165, 1.54) is 29.3 Å². The van der Waals surface area contributed by atoms with E-state index in [0.717, 1.165) is 32.4 Å². The highest BCUT2D eigenvalue weighted by molar-refractivity contribution is 5.85. The molecule has 1 saturated heterocycles. The van der Waals surface area contributed by atoms with Crippen molar-refractivity contribution in [3.8, 4) is 0 Å². The number of esters is 1. The maximum atomic E-state index is 11.8. The second-order valence-electron chi connectivity index (χ2n) is 6.12. The van der Waals surface area contributed by atoms with Crippen molar-refractivity contribution in [1.29, 1.82) is 0 Å². The van der Waals surface area contributed by atoms with Crippen molar-refractivity contribution in [2.24, 2.45) is 5.92 Å². The van der Waals surface area contributed by atoms with Gasteiger partial charge in [0, 0.05) is 29.7 Å². The van der Waals surface area contributed by atoms with Gasteiger partial charge in [-0.2, -0.15) is 0 Å². The molecule has 4 heteroatoms. The van der Waals surface area contributed by atoms with E-state index < -0.39 is 0 Å². The lowest BCUT2D eigenvalue weighted by Crippen LogP contribution is -2.44. The monoisotopic (exact) mass is 284 g/mol. The lowest BCUT2D eigenvalue weighted by atomic mass is 9.86. The zero-order valence-electron chi connectivity index (χ0n) is 12.3. The maximum absolute atomic E-state index is 11.8. The Kier molecular flexibility index (Phi) is 3.00. The van der Waals surface area contributed by atoms with E-state index in [9.17, 15) is 4.79 Å². The van der Waals surface area contributed by atoms with Gasteiger partial charge in [-0.15, -0.1) is 0 Å². The third-order valence-electron chi connectivity index (χ3n) is 5.05. The van der Waals surface area contributed by atoms with Crippen LogP contribution >= 0.6 is 0 Å². The number of nitrogens with zero attached hydrogens (tertiary/aromatic N) is 1. The summed E-state index contributed by atoms with van der Waals surface area (Å²) in [5, 5.41) is 1.36. The number of nitrogens with one attached hydrogen (secondary N) is 1. The van der Waals surface area contributed by atoms with Gasteiger partial charge in [-0.1, -0.05) is 18.2 Å². The molecule has 0 unspecified atom stereocenters. The van der Waals surface area contributed by atoms with Gasteiger partial charge in [0.15, 0.2) is 0 Å². The number of hydrogen-bond donors (Lipinski definition) is 1. The van der Waals surface area contributed by atoms with E-state index in [4.69, 9.17) is 4.74 Å². The molecule has 2 aliphatic heterocycles. The number of methoxy groups -OCH3 is 1. The normalized spacial score (nSPS) is 25.4. The van der Waals surface area contributed by atoms with Crippen molar-refractivity contribution in [1.82, 2.24) is 9.88 Å². The third kappa shape index (κ3) is 1.97. The highest BCUT2D eigenvalue weighted by atomic mass is 16.5. The van der Waals surface area contributed by atoms with Crippen LogP contribution < -0.4 is 0 Å². The Morgan fingerprint density at radius 2 is 2.19 bits per heavy atom. The zero-order valence-corrected chi connectivity index (χ0v) is 12.3. The molecule has 110 valence electrons. The SMILES string of the molecule is COC(=O)[C@H]1CC[C@@H]2c3[nH]c4ccccc4c3CCN2C1. The molecule has 1 aromatic heterocycles. The maximum Gasteiger partial charge on any atom is 0.309 e. The number of carbonyl (C=O) groups excluding carboxylic acids is 1. The Morgan fingerprint density at radius 1 is 1.33 bits per heavy atom. The molecule has 4 nitrogen and oxygen atoms in total. The van der Waals surface area contributed by atoms with E-state index in [1.54, 1.807) is 0 Å². The van der Waals surface area contributed by atoms with Gasteiger partial charge < -0.3 is 9.72 Å². The molecule has 0 aliphatic carbocycles. The molecule has 0 radical (unpaired) electrons. The fourth-order valence-electron chi connectivity index (χ4n) is 4.01. The molecule has 0 spiro atoms. The van der Waals surface area contributed by atoms with Crippen LogP contribution in [0.3, 0.4) is 0 Å². The number of rotatable bonds is 1. The Morgan fingerprint density at radius 3 is 3.05 bits per heavy atom. The van der Waals surface area contributed by atoms with Crippen molar-refractivity contribution < 1.29 is 9.53 Å². The summed E-state index contributed by atoms with van der Waals surface area (Å²) < 4.78 is 4.91. The molecule has 0 bridgehead atoms. The molecular weight excluding hydrogens is 264 g/mol. The molecule has 1 fully saturated rings. The third-order valence-corrected chi connectivity index (χ3v) is 5.05. The van der Waals surface area contributed by atoms with Crippen molar-refractivity contribution >= 4 is 16.9 Å². The number of piperidine rings is 1. The van der Waals surface area contributed by atoms with Gasteiger partial charge in [0.1, 0.15) is 0 Å². The zero-order chi connectivity index (χ0) is 14.4. The minimum atomic E-state index is -0.0594. The van der Waals surface area contributed by atoms with E-state index in [2.05, 4.69) is 34.1 Å². The number of para-hydroxylation sites is 1. The van der Waals surface area contributed by atoms with Crippen LogP contribution in [-0.2, 0) is 16.0 Å². The van der Waals surface area contributed by atoms with Crippen molar-refractivity contribution in [3.05, 3.63) is 35.5 Å². The molecule has 21 heavy (non-hydrogen) atoms. The quantitative estimate of drug-likeness (QED) is 0.819. The summed E-state index contributed by atoms with van der Waals surface area (Å²) in [6.45, 7) is 1.86. The van der Waals surface area contributed by atoms with Crippen molar-refractivity contribution in [3.63, 3.8) is 0 Å². The van der Waals surface area contributed by atoms with Gasteiger partial charge in [-0.25, -0.2) is 0 Å². The number of ether oxygens (including phenoxy) is 1. The lowest BCUT2D eigenvalue weighted by Gasteiger charge is -2.41. The number of hydrogen-bond acceptors (Lipinski definition) is 3. The van der Waals surface area contributed by atoms with Gasteiger partial charge in [-0.3, -0.25) is 9.69 Å². The lowest BCUT2D eigenvalue weighted by molar-refractivity contribution is -0.148. The molecule has 2 atom stereocenters. The number of aromatic nitrogens is 1. The van der Waals surface area contributed by atoms with E-state index in [0.29, 0.717) is 6.04 Å². The topological polar surface area (TPSA) is 45.3 Å². The first-order chi connectivity index (χ1) is 10.3. The molecule has 2 aliphatic rings. The van der Waals surface area contributed by atoms with Crippen molar-refractivity contribution in [2.75, 3.05) is 20.2 Å². The summed E-state index contributed by atoms with van der Waals surface area (Å²) in [6.07, 6.45) is 3.01. The first-order valence-corrected chi connectivity index (χ1v) is 7.69. The van der Waals surface area contributed by atoms with Gasteiger partial charge in [-0.05, 0) is 30.9 Å². The average Bonchev–Trinajstić information content (AvgIpc) is 2.92. The number of benzene rings is 1. The van der Waals surface area contributed by atoms with Crippen LogP contribution in [0.25, 0.3) is 10.9 Å². The summed E-state index contributed by atoms with van der Waals surface area (Å²) in [5.74, 6) is -0.0203. The Bertz CT molecular complexity index is 691. The van der Waals surface area contributed by atoms with Gasteiger partial charge in [0.25, 0.3) is 0 Å². The number of fused-ring (bicyclic) bond motifs is 5. The second kappa shape index (κ2) is 4.88. The van der Waals surface area contributed by atoms with Gasteiger partial charge in [0.05, 0.1) is 19.1 Å². The predicted molar refractivity (Wildman–Crippen MR) is 81.1 cm³/mol. The molecule has 0 amide bonds. The van der Waals surface area contributed by atoms with Crippen LogP contribution in [0.2, 0.25) is 0 Å². The highest BCUT2D eigenvalue weighted by Gasteiger charge is 2.37. The minimum Gasteiger partial charge on any atom is -0.469 e. The predicted octanol–water partition coefficient (Wildman–Crippen LogP) is 2.65. The van der Waals surface area contributed by atoms with E-state index in [-0.39, 0.29) is 11.9 Å². The smallest absolute Gasteiger partial charge is 0.309 e. The van der Waals surface area contributed by atoms with Gasteiger partial charge in [0.2, 0.25) is 0 Å². The van der Waals surface area contributed by atoms with Crippen LogP contribution in [0.15, 0.2) is 24.3 Å². The summed E-state index contributed by atoms with van der Waals surface area (Å²) >= 11 is 0. The molecular formula is C17H20N2O2. The molecule has 3 heterocycles. The fraction of sp³-hybridized carbons (Fsp3) is 0.471. The molecule has 1 aromatic carbocycles. The Balaban J connectivity index is 1.67. The number of carbonyl (C=O) groups is 1. The summed E-state index contributed by atoms with van der Waals surface area (Å²) in [7, 11) is 1.49. The first kappa shape index (κ1) is 12.9. The van der Waals surface area contributed by atoms with Crippen LogP contribution in [0.1, 0.15) is 30.1 Å². The van der Waals surface area contributed by atoms with Crippen LogP contribution in [0, 0.1) is 5.92 Å². The second-order valence-corrected chi connectivity index (χ2v) is 6.12. The molecule has 4 rings (SSSR count). The van der Waals surface area contributed by atoms with Crippen molar-refractivity contribution in [2.45, 2.75) is 25.3 Å². The first-order valence-electron chi connectivity index (χ1n) is 7.69. The Hall–Kier alpha value is -1.81. The molecule has 2 aromatic rings. The Labute approximate surface area is 124 Å². The highest BCUT2D eigenvalue weighted by Crippen LogP contribution is 2.40. The number of H-pyrrole nitrogens is 1. The standard InChI is InChI=1S/C17H20N2O2/c1-21-17(20)11-6-7-15-16-13(8-9-19(15)10-11)12-4-2-3-5-14(12)18-16/h2-5,11,15,18H,6-10H2,1H3/t11-,15+/m0/s1. The van der Waals surface area contributed by atoms with Crippen LogP contribution in [-0.4, -0.2) is 36.1 Å². The fourth-order valence-corrected chi connectivity index (χ4v) is 4.01. The number of aromatic amines is 1. The van der Waals surface area contributed by atoms with E-state index >= 15 is 0 Å². The van der Waals surface area contributed by atoms with Gasteiger partial charge >= 0.3 is 5.97 Å². The largest absolute Gasteiger partial charge is 0.469 e. The summed E-state index contributed by atoms with van der Waals surface area (Å²) in [6, 6.07) is 8.98.